The van der Waals surface area contributed by atoms with E-state index in [4.69, 9.17) is 0 Å². The topological polar surface area (TPSA) is 18.5 Å². The predicted octanol–water partition coefficient (Wildman–Crippen LogP) is 2.11. The molecular weight excluding hydrogens is 234 g/mol. The van der Waals surface area contributed by atoms with Crippen LogP contribution >= 0.6 is 0 Å². The molecule has 2 unspecified atom stereocenters. The molecule has 1 fully saturated rings. The summed E-state index contributed by atoms with van der Waals surface area (Å²) >= 11 is 0. The summed E-state index contributed by atoms with van der Waals surface area (Å²) in [5.41, 5.74) is 2.70. The zero-order valence-electron chi connectivity index (χ0n) is 12.7. The first-order valence-electron chi connectivity index (χ1n) is 7.30. The Bertz CT molecular complexity index is 387. The van der Waals surface area contributed by atoms with Crippen LogP contribution in [0.3, 0.4) is 0 Å². The molecule has 3 heteroatoms. The summed E-state index contributed by atoms with van der Waals surface area (Å²) in [5.74, 6) is 0. The number of benzene rings is 1. The van der Waals surface area contributed by atoms with Gasteiger partial charge in [0.25, 0.3) is 0 Å². The van der Waals surface area contributed by atoms with E-state index in [1.165, 1.54) is 17.7 Å². The van der Waals surface area contributed by atoms with Gasteiger partial charge in [-0.1, -0.05) is 17.7 Å². The van der Waals surface area contributed by atoms with Gasteiger partial charge in [0.15, 0.2) is 0 Å². The van der Waals surface area contributed by atoms with Crippen LogP contribution in [0.25, 0.3) is 0 Å². The second-order valence-corrected chi connectivity index (χ2v) is 5.86. The van der Waals surface area contributed by atoms with Crippen molar-refractivity contribution in [1.82, 2.24) is 10.2 Å². The van der Waals surface area contributed by atoms with Crippen molar-refractivity contribution in [2.24, 2.45) is 0 Å². The lowest BCUT2D eigenvalue weighted by atomic mass is 10.0. The Morgan fingerprint density at radius 2 is 1.89 bits per heavy atom. The lowest BCUT2D eigenvalue weighted by Gasteiger charge is -2.46. The predicted molar refractivity (Wildman–Crippen MR) is 82.9 cm³/mol. The van der Waals surface area contributed by atoms with E-state index in [0.29, 0.717) is 12.1 Å². The van der Waals surface area contributed by atoms with E-state index >= 15 is 0 Å². The molecule has 0 amide bonds. The molecule has 1 saturated heterocycles. The van der Waals surface area contributed by atoms with Crippen molar-refractivity contribution in [3.05, 3.63) is 29.8 Å². The maximum absolute atomic E-state index is 3.28. The van der Waals surface area contributed by atoms with E-state index in [0.717, 1.165) is 19.6 Å². The number of rotatable bonds is 4. The van der Waals surface area contributed by atoms with Gasteiger partial charge in [0, 0.05) is 30.9 Å². The van der Waals surface area contributed by atoms with Crippen LogP contribution in [-0.4, -0.2) is 50.7 Å². The standard InChI is InChI=1S/C16H27N3/c1-13-5-7-15(8-6-13)19-14(2)11-18(4)12-16(19)9-10-17-3/h5-8,14,16-17H,9-12H2,1-4H3. The molecular formula is C16H27N3. The second-order valence-electron chi connectivity index (χ2n) is 5.86. The zero-order valence-corrected chi connectivity index (χ0v) is 12.7. The van der Waals surface area contributed by atoms with Crippen molar-refractivity contribution >= 4 is 5.69 Å². The van der Waals surface area contributed by atoms with E-state index in [9.17, 15) is 0 Å². The maximum atomic E-state index is 3.28. The highest BCUT2D eigenvalue weighted by Gasteiger charge is 2.30. The van der Waals surface area contributed by atoms with Gasteiger partial charge in [-0.2, -0.15) is 0 Å². The fourth-order valence-corrected chi connectivity index (χ4v) is 3.14. The van der Waals surface area contributed by atoms with E-state index in [2.05, 4.69) is 60.3 Å². The van der Waals surface area contributed by atoms with Gasteiger partial charge in [-0.25, -0.2) is 0 Å². The molecule has 2 atom stereocenters. The molecule has 1 heterocycles. The van der Waals surface area contributed by atoms with Crippen LogP contribution in [0.5, 0.6) is 0 Å². The molecule has 2 rings (SSSR count). The van der Waals surface area contributed by atoms with E-state index in [-0.39, 0.29) is 0 Å². The fourth-order valence-electron chi connectivity index (χ4n) is 3.14. The van der Waals surface area contributed by atoms with Gasteiger partial charge in [-0.15, -0.1) is 0 Å². The Kier molecular flexibility index (Phi) is 4.83. The van der Waals surface area contributed by atoms with Gasteiger partial charge in [-0.05, 0) is 53.0 Å². The second kappa shape index (κ2) is 6.40. The molecule has 1 aromatic rings. The number of piperazine rings is 1. The summed E-state index contributed by atoms with van der Waals surface area (Å²) in [4.78, 5) is 5.06. The van der Waals surface area contributed by atoms with Crippen LogP contribution in [0.1, 0.15) is 18.9 Å². The number of anilines is 1. The van der Waals surface area contributed by atoms with Crippen LogP contribution < -0.4 is 10.2 Å². The number of aryl methyl sites for hydroxylation is 1. The Morgan fingerprint density at radius 3 is 2.53 bits per heavy atom. The Hall–Kier alpha value is -1.06. The molecule has 19 heavy (non-hydrogen) atoms. The molecule has 0 aliphatic carbocycles. The minimum Gasteiger partial charge on any atom is -0.363 e. The third-order valence-electron chi connectivity index (χ3n) is 4.03. The fraction of sp³-hybridized carbons (Fsp3) is 0.625. The molecule has 3 nitrogen and oxygen atoms in total. The average Bonchev–Trinajstić information content (AvgIpc) is 2.37. The Morgan fingerprint density at radius 1 is 1.21 bits per heavy atom. The van der Waals surface area contributed by atoms with Crippen LogP contribution in [0.2, 0.25) is 0 Å². The summed E-state index contributed by atoms with van der Waals surface area (Å²) in [5, 5.41) is 3.28. The van der Waals surface area contributed by atoms with Gasteiger partial charge in [-0.3, -0.25) is 0 Å². The number of nitrogens with zero attached hydrogens (tertiary/aromatic N) is 2. The first-order valence-corrected chi connectivity index (χ1v) is 7.30. The summed E-state index contributed by atoms with van der Waals surface area (Å²) in [6, 6.07) is 10.1. The lowest BCUT2D eigenvalue weighted by Crippen LogP contribution is -2.57. The Labute approximate surface area is 117 Å². The molecule has 0 radical (unpaired) electrons. The number of hydrogen-bond acceptors (Lipinski definition) is 3. The number of hydrogen-bond donors (Lipinski definition) is 1. The smallest absolute Gasteiger partial charge is 0.0432 e. The monoisotopic (exact) mass is 261 g/mol. The number of nitrogens with one attached hydrogen (secondary N) is 1. The third-order valence-corrected chi connectivity index (χ3v) is 4.03. The highest BCUT2D eigenvalue weighted by molar-refractivity contribution is 5.50. The van der Waals surface area contributed by atoms with Crippen molar-refractivity contribution < 1.29 is 0 Å². The van der Waals surface area contributed by atoms with Crippen molar-refractivity contribution in [2.45, 2.75) is 32.4 Å². The largest absolute Gasteiger partial charge is 0.363 e. The van der Waals surface area contributed by atoms with Gasteiger partial charge >= 0.3 is 0 Å². The number of likely N-dealkylation sites (N-methyl/N-ethyl adjacent to an activating group) is 1. The minimum atomic E-state index is 0.573. The summed E-state index contributed by atoms with van der Waals surface area (Å²) in [6.45, 7) is 7.86. The first kappa shape index (κ1) is 14.4. The van der Waals surface area contributed by atoms with E-state index in [1.54, 1.807) is 0 Å². The van der Waals surface area contributed by atoms with Crippen LogP contribution in [-0.2, 0) is 0 Å². The molecule has 106 valence electrons. The van der Waals surface area contributed by atoms with E-state index < -0.39 is 0 Å². The molecule has 0 aromatic heterocycles. The van der Waals surface area contributed by atoms with Gasteiger partial charge < -0.3 is 15.1 Å². The van der Waals surface area contributed by atoms with Crippen molar-refractivity contribution in [3.63, 3.8) is 0 Å². The maximum Gasteiger partial charge on any atom is 0.0432 e. The normalized spacial score (nSPS) is 24.7. The molecule has 0 bridgehead atoms. The summed E-state index contributed by atoms with van der Waals surface area (Å²) in [7, 11) is 4.27. The van der Waals surface area contributed by atoms with Crippen molar-refractivity contribution in [3.8, 4) is 0 Å². The summed E-state index contributed by atoms with van der Waals surface area (Å²) < 4.78 is 0. The lowest BCUT2D eigenvalue weighted by molar-refractivity contribution is 0.226. The minimum absolute atomic E-state index is 0.573. The van der Waals surface area contributed by atoms with Gasteiger partial charge in [0.2, 0.25) is 0 Å². The zero-order chi connectivity index (χ0) is 13.8. The molecule has 1 aliphatic heterocycles. The van der Waals surface area contributed by atoms with Crippen LogP contribution in [0, 0.1) is 6.92 Å². The highest BCUT2D eigenvalue weighted by atomic mass is 15.3. The highest BCUT2D eigenvalue weighted by Crippen LogP contribution is 2.25. The Balaban J connectivity index is 2.19. The quantitative estimate of drug-likeness (QED) is 0.895. The average molecular weight is 261 g/mol. The van der Waals surface area contributed by atoms with Crippen LogP contribution in [0.15, 0.2) is 24.3 Å². The van der Waals surface area contributed by atoms with Gasteiger partial charge in [0.05, 0.1) is 0 Å². The first-order chi connectivity index (χ1) is 9.11. The summed E-state index contributed by atoms with van der Waals surface area (Å²) in [6.07, 6.45) is 1.19. The van der Waals surface area contributed by atoms with Gasteiger partial charge in [0.1, 0.15) is 0 Å². The molecule has 1 N–H and O–H groups in total. The molecule has 0 spiro atoms. The molecule has 1 aliphatic rings. The van der Waals surface area contributed by atoms with Crippen molar-refractivity contribution in [1.29, 1.82) is 0 Å². The molecule has 0 saturated carbocycles. The SMILES string of the molecule is CNCCC1CN(C)CC(C)N1c1ccc(C)cc1. The molecule has 1 aromatic carbocycles. The van der Waals surface area contributed by atoms with Crippen molar-refractivity contribution in [2.75, 3.05) is 38.6 Å². The van der Waals surface area contributed by atoms with E-state index in [1.807, 2.05) is 7.05 Å². The third kappa shape index (κ3) is 3.48. The van der Waals surface area contributed by atoms with Crippen LogP contribution in [0.4, 0.5) is 5.69 Å².